The highest BCUT2D eigenvalue weighted by atomic mass is 16.4. The van der Waals surface area contributed by atoms with E-state index in [2.05, 4.69) is 54.0 Å². The molecule has 1 heterocycles. The highest BCUT2D eigenvalue weighted by molar-refractivity contribution is 6.27. The van der Waals surface area contributed by atoms with Crippen molar-refractivity contribution in [2.75, 3.05) is 31.1 Å². The van der Waals surface area contributed by atoms with Crippen molar-refractivity contribution in [2.24, 2.45) is 5.73 Å². The molecule has 0 saturated carbocycles. The molecule has 11 nitrogen and oxygen atoms in total. The van der Waals surface area contributed by atoms with E-state index in [1.807, 2.05) is 0 Å². The van der Waals surface area contributed by atoms with Crippen LogP contribution in [0.4, 0.5) is 5.69 Å². The number of rotatable bonds is 6. The zero-order chi connectivity index (χ0) is 24.7. The summed E-state index contributed by atoms with van der Waals surface area (Å²) in [5, 5.41) is 29.6. The van der Waals surface area contributed by atoms with E-state index < -0.39 is 23.9 Å². The Morgan fingerprint density at radius 1 is 0.969 bits per heavy atom. The van der Waals surface area contributed by atoms with Crippen molar-refractivity contribution in [3.8, 4) is 0 Å². The lowest BCUT2D eigenvalue weighted by molar-refractivity contribution is -0.159. The van der Waals surface area contributed by atoms with Crippen molar-refractivity contribution >= 4 is 29.6 Å². The minimum atomic E-state index is -1.82. The van der Waals surface area contributed by atoms with Crippen LogP contribution in [0.2, 0.25) is 0 Å². The molecule has 6 N–H and O–H groups in total. The highest BCUT2D eigenvalue weighted by Gasteiger charge is 2.26. The van der Waals surface area contributed by atoms with Crippen LogP contribution in [0.15, 0.2) is 30.3 Å². The van der Waals surface area contributed by atoms with E-state index in [0.29, 0.717) is 6.04 Å². The first-order chi connectivity index (χ1) is 15.0. The van der Waals surface area contributed by atoms with Gasteiger partial charge in [0.2, 0.25) is 0 Å². The summed E-state index contributed by atoms with van der Waals surface area (Å²) < 4.78 is 0. The van der Waals surface area contributed by atoms with Gasteiger partial charge in [0.05, 0.1) is 0 Å². The molecule has 2 atom stereocenters. The van der Waals surface area contributed by atoms with Gasteiger partial charge in [-0.25, -0.2) is 19.2 Å². The van der Waals surface area contributed by atoms with E-state index in [4.69, 9.17) is 45.3 Å². The predicted molar refractivity (Wildman–Crippen MR) is 118 cm³/mol. The van der Waals surface area contributed by atoms with Gasteiger partial charge in [-0.05, 0) is 25.5 Å². The number of hydrogen-bond donors (Lipinski definition) is 5. The number of unbranched alkanes of at least 4 members (excludes halogenated alkanes) is 1. The molecular weight excluding hydrogens is 422 g/mol. The maximum Gasteiger partial charge on any atom is 0.414 e. The molecule has 11 heteroatoms. The van der Waals surface area contributed by atoms with Gasteiger partial charge in [-0.15, -0.1) is 0 Å². The average Bonchev–Trinajstić information content (AvgIpc) is 2.74. The van der Waals surface area contributed by atoms with Crippen LogP contribution in [0.5, 0.6) is 0 Å². The van der Waals surface area contributed by atoms with Crippen molar-refractivity contribution in [3.63, 3.8) is 0 Å². The molecular formula is C21H33N3O8. The standard InChI is InChI=1S/C17H29N3.2C2H2O4/c1-3-4-8-17-14-20(16-9-6-5-7-10-16)12-11-19(17)13-15(2)18;2*3-1(4)2(5)6/h5-7,9-10,15,17H,3-4,8,11-14,18H2,1-2H3;2*(H,3,4)(H,5,6). The molecule has 2 unspecified atom stereocenters. The van der Waals surface area contributed by atoms with Gasteiger partial charge in [0, 0.05) is 44.0 Å². The van der Waals surface area contributed by atoms with Crippen LogP contribution >= 0.6 is 0 Å². The Morgan fingerprint density at radius 3 is 1.88 bits per heavy atom. The minimum Gasteiger partial charge on any atom is -0.473 e. The second-order valence-electron chi connectivity index (χ2n) is 7.27. The predicted octanol–water partition coefficient (Wildman–Crippen LogP) is 1.03. The van der Waals surface area contributed by atoms with Crippen molar-refractivity contribution in [1.29, 1.82) is 0 Å². The van der Waals surface area contributed by atoms with Crippen LogP contribution in [-0.2, 0) is 19.2 Å². The number of hydrogen-bond acceptors (Lipinski definition) is 7. The smallest absolute Gasteiger partial charge is 0.414 e. The third-order valence-corrected chi connectivity index (χ3v) is 4.51. The lowest BCUT2D eigenvalue weighted by Crippen LogP contribution is -2.55. The Bertz CT molecular complexity index is 679. The lowest BCUT2D eigenvalue weighted by atomic mass is 10.0. The highest BCUT2D eigenvalue weighted by Crippen LogP contribution is 2.21. The van der Waals surface area contributed by atoms with E-state index >= 15 is 0 Å². The fraction of sp³-hybridized carbons (Fsp3) is 0.524. The summed E-state index contributed by atoms with van der Waals surface area (Å²) in [5.41, 5.74) is 7.36. The van der Waals surface area contributed by atoms with E-state index in [1.165, 1.54) is 24.9 Å². The van der Waals surface area contributed by atoms with Gasteiger partial charge in [0.1, 0.15) is 0 Å². The summed E-state index contributed by atoms with van der Waals surface area (Å²) in [5.74, 6) is -7.30. The number of anilines is 1. The summed E-state index contributed by atoms with van der Waals surface area (Å²) in [7, 11) is 0. The normalized spacial score (nSPS) is 16.5. The first kappa shape index (κ1) is 28.8. The molecule has 1 aromatic rings. The topological polar surface area (TPSA) is 182 Å². The summed E-state index contributed by atoms with van der Waals surface area (Å²) in [6.07, 6.45) is 3.86. The van der Waals surface area contributed by atoms with E-state index in [1.54, 1.807) is 0 Å². The van der Waals surface area contributed by atoms with Gasteiger partial charge < -0.3 is 31.1 Å². The van der Waals surface area contributed by atoms with Crippen molar-refractivity contribution in [1.82, 2.24) is 4.90 Å². The van der Waals surface area contributed by atoms with Gasteiger partial charge in [0.25, 0.3) is 0 Å². The van der Waals surface area contributed by atoms with Crippen LogP contribution in [0.3, 0.4) is 0 Å². The van der Waals surface area contributed by atoms with Gasteiger partial charge in [-0.1, -0.05) is 38.0 Å². The third-order valence-electron chi connectivity index (χ3n) is 4.51. The Hall–Kier alpha value is -3.18. The maximum atomic E-state index is 9.10. The molecule has 0 spiro atoms. The van der Waals surface area contributed by atoms with Crippen LogP contribution in [0.25, 0.3) is 0 Å². The molecule has 32 heavy (non-hydrogen) atoms. The first-order valence-corrected chi connectivity index (χ1v) is 10.2. The zero-order valence-electron chi connectivity index (χ0n) is 18.4. The molecule has 0 amide bonds. The number of piperazine rings is 1. The Kier molecular flexibility index (Phi) is 14.0. The summed E-state index contributed by atoms with van der Waals surface area (Å²) >= 11 is 0. The molecule has 1 aromatic carbocycles. The maximum absolute atomic E-state index is 9.10. The zero-order valence-corrected chi connectivity index (χ0v) is 18.4. The number of nitrogens with zero attached hydrogens (tertiary/aromatic N) is 2. The quantitative estimate of drug-likeness (QED) is 0.386. The fourth-order valence-electron chi connectivity index (χ4n) is 3.09. The molecule has 1 aliphatic heterocycles. The monoisotopic (exact) mass is 455 g/mol. The molecule has 1 fully saturated rings. The van der Waals surface area contributed by atoms with Crippen LogP contribution in [0, 0.1) is 0 Å². The van der Waals surface area contributed by atoms with Gasteiger partial charge in [-0.2, -0.15) is 0 Å². The van der Waals surface area contributed by atoms with E-state index in [-0.39, 0.29) is 6.04 Å². The second-order valence-corrected chi connectivity index (χ2v) is 7.27. The SMILES string of the molecule is CCCCC1CN(c2ccccc2)CCN1CC(C)N.O=C(O)C(=O)O.O=C(O)C(=O)O. The van der Waals surface area contributed by atoms with Gasteiger partial charge in [0.15, 0.2) is 0 Å². The van der Waals surface area contributed by atoms with E-state index in [0.717, 1.165) is 26.2 Å². The number of carbonyl (C=O) groups is 4. The largest absolute Gasteiger partial charge is 0.473 e. The van der Waals surface area contributed by atoms with Gasteiger partial charge >= 0.3 is 23.9 Å². The number of benzene rings is 1. The number of carboxylic acid groups (broad SMARTS) is 4. The van der Waals surface area contributed by atoms with Crippen LogP contribution in [0.1, 0.15) is 33.1 Å². The number of carboxylic acids is 4. The summed E-state index contributed by atoms with van der Waals surface area (Å²) in [6.45, 7) is 8.78. The Labute approximate surface area is 187 Å². The molecule has 0 aromatic heterocycles. The van der Waals surface area contributed by atoms with Crippen molar-refractivity contribution < 1.29 is 39.6 Å². The second kappa shape index (κ2) is 15.6. The minimum absolute atomic E-state index is 0.266. The van der Waals surface area contributed by atoms with Crippen molar-refractivity contribution in [3.05, 3.63) is 30.3 Å². The molecule has 1 aliphatic rings. The number of nitrogens with two attached hydrogens (primary N) is 1. The first-order valence-electron chi connectivity index (χ1n) is 10.2. The Balaban J connectivity index is 0.000000662. The lowest BCUT2D eigenvalue weighted by Gasteiger charge is -2.43. The molecule has 0 aliphatic carbocycles. The van der Waals surface area contributed by atoms with Crippen LogP contribution < -0.4 is 10.6 Å². The van der Waals surface area contributed by atoms with E-state index in [9.17, 15) is 0 Å². The summed E-state index contributed by atoms with van der Waals surface area (Å²) in [4.78, 5) is 41.5. The molecule has 180 valence electrons. The Morgan fingerprint density at radius 2 is 1.47 bits per heavy atom. The van der Waals surface area contributed by atoms with Crippen molar-refractivity contribution in [2.45, 2.75) is 45.2 Å². The summed E-state index contributed by atoms with van der Waals surface area (Å²) in [6, 6.07) is 11.7. The third kappa shape index (κ3) is 12.5. The van der Waals surface area contributed by atoms with Crippen LogP contribution in [-0.4, -0.2) is 87.5 Å². The number of aliphatic carboxylic acids is 4. The number of para-hydroxylation sites is 1. The average molecular weight is 456 g/mol. The fourth-order valence-corrected chi connectivity index (χ4v) is 3.09. The molecule has 0 bridgehead atoms. The van der Waals surface area contributed by atoms with Gasteiger partial charge in [-0.3, -0.25) is 4.90 Å². The molecule has 2 rings (SSSR count). The molecule has 0 radical (unpaired) electrons. The molecule has 1 saturated heterocycles.